The Hall–Kier alpha value is -2.67. The van der Waals surface area contributed by atoms with Crippen molar-refractivity contribution in [2.75, 3.05) is 11.1 Å². The predicted molar refractivity (Wildman–Crippen MR) is 92.3 cm³/mol. The molecule has 3 N–H and O–H groups in total. The van der Waals surface area contributed by atoms with Gasteiger partial charge in [0.1, 0.15) is 4.88 Å². The molecule has 7 heteroatoms. The highest BCUT2D eigenvalue weighted by Gasteiger charge is 2.14. The molecule has 23 heavy (non-hydrogen) atoms. The third-order valence-corrected chi connectivity index (χ3v) is 4.66. The standard InChI is InChI=1S/C16H17N5OS/c1-9-11(3)21(8-18-9)13-6-4-12(5-7-13)20-15(22)14-10(2)19-16(17)23-14/h4-8H,1-3H3,(H2,17,19)(H,20,22). The van der Waals surface area contributed by atoms with Crippen LogP contribution in [-0.4, -0.2) is 20.4 Å². The molecule has 118 valence electrons. The Labute approximate surface area is 138 Å². The van der Waals surface area contributed by atoms with Gasteiger partial charge in [-0.3, -0.25) is 4.79 Å². The van der Waals surface area contributed by atoms with Crippen LogP contribution in [-0.2, 0) is 0 Å². The molecule has 0 fully saturated rings. The van der Waals surface area contributed by atoms with Gasteiger partial charge < -0.3 is 15.6 Å². The maximum absolute atomic E-state index is 12.2. The monoisotopic (exact) mass is 327 g/mol. The minimum Gasteiger partial charge on any atom is -0.375 e. The quantitative estimate of drug-likeness (QED) is 0.774. The van der Waals surface area contributed by atoms with Crippen molar-refractivity contribution in [1.29, 1.82) is 0 Å². The van der Waals surface area contributed by atoms with Crippen molar-refractivity contribution in [3.63, 3.8) is 0 Å². The Morgan fingerprint density at radius 2 is 1.87 bits per heavy atom. The van der Waals surface area contributed by atoms with E-state index >= 15 is 0 Å². The van der Waals surface area contributed by atoms with Gasteiger partial charge in [0.15, 0.2) is 5.13 Å². The van der Waals surface area contributed by atoms with Gasteiger partial charge in [-0.25, -0.2) is 9.97 Å². The molecule has 0 aliphatic carbocycles. The third kappa shape index (κ3) is 2.95. The average Bonchev–Trinajstić information content (AvgIpc) is 3.03. The Kier molecular flexibility index (Phi) is 3.87. The molecule has 1 aromatic carbocycles. The fraction of sp³-hybridized carbons (Fsp3) is 0.188. The molecule has 0 aliphatic rings. The van der Waals surface area contributed by atoms with Gasteiger partial charge in [0.05, 0.1) is 17.7 Å². The number of hydrogen-bond donors (Lipinski definition) is 2. The number of carbonyl (C=O) groups is 1. The molecule has 0 saturated carbocycles. The number of aryl methyl sites for hydroxylation is 2. The topological polar surface area (TPSA) is 85.8 Å². The number of rotatable bonds is 3. The number of imidazole rings is 1. The Bertz CT molecular complexity index is 863. The summed E-state index contributed by atoms with van der Waals surface area (Å²) >= 11 is 1.19. The molecule has 2 aromatic heterocycles. The Morgan fingerprint density at radius 1 is 1.17 bits per heavy atom. The van der Waals surface area contributed by atoms with E-state index < -0.39 is 0 Å². The zero-order valence-electron chi connectivity index (χ0n) is 13.1. The second-order valence-electron chi connectivity index (χ2n) is 5.25. The molecular weight excluding hydrogens is 310 g/mol. The van der Waals surface area contributed by atoms with Gasteiger partial charge in [-0.05, 0) is 45.0 Å². The number of aromatic nitrogens is 3. The zero-order chi connectivity index (χ0) is 16.6. The predicted octanol–water partition coefficient (Wildman–Crippen LogP) is 3.09. The summed E-state index contributed by atoms with van der Waals surface area (Å²) < 4.78 is 2.01. The van der Waals surface area contributed by atoms with Crippen LogP contribution in [0.1, 0.15) is 26.8 Å². The lowest BCUT2D eigenvalue weighted by Crippen LogP contribution is -2.11. The maximum atomic E-state index is 12.2. The summed E-state index contributed by atoms with van der Waals surface area (Å²) in [5, 5.41) is 3.26. The van der Waals surface area contributed by atoms with Crippen LogP contribution in [0.3, 0.4) is 0 Å². The number of thiazole rings is 1. The molecule has 0 radical (unpaired) electrons. The first-order valence-electron chi connectivity index (χ1n) is 7.11. The van der Waals surface area contributed by atoms with Crippen molar-refractivity contribution in [3.8, 4) is 5.69 Å². The molecule has 1 amide bonds. The lowest BCUT2D eigenvalue weighted by molar-refractivity contribution is 0.103. The van der Waals surface area contributed by atoms with Gasteiger partial charge in [-0.2, -0.15) is 0 Å². The molecule has 0 spiro atoms. The minimum atomic E-state index is -0.195. The van der Waals surface area contributed by atoms with Gasteiger partial charge >= 0.3 is 0 Å². The van der Waals surface area contributed by atoms with Crippen molar-refractivity contribution in [3.05, 3.63) is 52.6 Å². The van der Waals surface area contributed by atoms with Crippen LogP contribution in [0.4, 0.5) is 10.8 Å². The van der Waals surface area contributed by atoms with Gasteiger partial charge in [0.25, 0.3) is 5.91 Å². The molecule has 3 aromatic rings. The van der Waals surface area contributed by atoms with Crippen LogP contribution in [0.25, 0.3) is 5.69 Å². The summed E-state index contributed by atoms with van der Waals surface area (Å²) in [7, 11) is 0. The van der Waals surface area contributed by atoms with E-state index in [0.717, 1.165) is 22.8 Å². The fourth-order valence-electron chi connectivity index (χ4n) is 2.28. The van der Waals surface area contributed by atoms with Crippen LogP contribution in [0.2, 0.25) is 0 Å². The normalized spacial score (nSPS) is 10.7. The molecule has 2 heterocycles. The first-order chi connectivity index (χ1) is 11.0. The zero-order valence-corrected chi connectivity index (χ0v) is 13.9. The van der Waals surface area contributed by atoms with Crippen molar-refractivity contribution in [2.24, 2.45) is 0 Å². The summed E-state index contributed by atoms with van der Waals surface area (Å²) in [6.45, 7) is 5.77. The van der Waals surface area contributed by atoms with Gasteiger partial charge in [0, 0.05) is 17.1 Å². The molecular formula is C16H17N5OS. The van der Waals surface area contributed by atoms with Crippen LogP contribution in [0, 0.1) is 20.8 Å². The second-order valence-corrected chi connectivity index (χ2v) is 6.28. The first kappa shape index (κ1) is 15.2. The van der Waals surface area contributed by atoms with E-state index in [1.54, 1.807) is 13.3 Å². The van der Waals surface area contributed by atoms with Crippen molar-refractivity contribution in [2.45, 2.75) is 20.8 Å². The lowest BCUT2D eigenvalue weighted by Gasteiger charge is -2.08. The highest BCUT2D eigenvalue weighted by Crippen LogP contribution is 2.22. The summed E-state index contributed by atoms with van der Waals surface area (Å²) in [5.41, 5.74) is 10.1. The molecule has 6 nitrogen and oxygen atoms in total. The molecule has 3 rings (SSSR count). The second kappa shape index (κ2) is 5.85. The molecule has 0 bridgehead atoms. The van der Waals surface area contributed by atoms with Gasteiger partial charge in [-0.1, -0.05) is 11.3 Å². The summed E-state index contributed by atoms with van der Waals surface area (Å²) in [6, 6.07) is 7.61. The van der Waals surface area contributed by atoms with Gasteiger partial charge in [-0.15, -0.1) is 0 Å². The summed E-state index contributed by atoms with van der Waals surface area (Å²) in [4.78, 5) is 21.1. The summed E-state index contributed by atoms with van der Waals surface area (Å²) in [5.74, 6) is -0.195. The van der Waals surface area contributed by atoms with Crippen LogP contribution < -0.4 is 11.1 Å². The van der Waals surface area contributed by atoms with Crippen molar-refractivity contribution >= 4 is 28.1 Å². The van der Waals surface area contributed by atoms with Crippen LogP contribution in [0.15, 0.2) is 30.6 Å². The van der Waals surface area contributed by atoms with E-state index in [0.29, 0.717) is 15.7 Å². The van der Waals surface area contributed by atoms with Crippen molar-refractivity contribution in [1.82, 2.24) is 14.5 Å². The summed E-state index contributed by atoms with van der Waals surface area (Å²) in [6.07, 6.45) is 1.79. The average molecular weight is 327 g/mol. The highest BCUT2D eigenvalue weighted by molar-refractivity contribution is 7.17. The molecule has 0 saturated heterocycles. The number of amides is 1. The van der Waals surface area contributed by atoms with E-state index in [9.17, 15) is 4.79 Å². The van der Waals surface area contributed by atoms with Crippen LogP contribution in [0.5, 0.6) is 0 Å². The molecule has 0 unspecified atom stereocenters. The van der Waals surface area contributed by atoms with E-state index in [1.165, 1.54) is 11.3 Å². The number of hydrogen-bond acceptors (Lipinski definition) is 5. The van der Waals surface area contributed by atoms with Gasteiger partial charge in [0.2, 0.25) is 0 Å². The number of nitrogens with two attached hydrogens (primary N) is 1. The Balaban J connectivity index is 1.79. The SMILES string of the molecule is Cc1nc(N)sc1C(=O)Nc1ccc(-n2cnc(C)c2C)cc1. The number of nitrogens with zero attached hydrogens (tertiary/aromatic N) is 3. The van der Waals surface area contributed by atoms with Crippen molar-refractivity contribution < 1.29 is 4.79 Å². The van der Waals surface area contributed by atoms with Crippen LogP contribution >= 0.6 is 11.3 Å². The van der Waals surface area contributed by atoms with E-state index in [2.05, 4.69) is 15.3 Å². The maximum Gasteiger partial charge on any atom is 0.267 e. The number of nitrogens with one attached hydrogen (secondary N) is 1. The number of anilines is 2. The lowest BCUT2D eigenvalue weighted by atomic mass is 10.2. The number of benzene rings is 1. The number of nitrogen functional groups attached to an aromatic ring is 1. The highest BCUT2D eigenvalue weighted by atomic mass is 32.1. The van der Waals surface area contributed by atoms with E-state index in [1.807, 2.05) is 42.7 Å². The van der Waals surface area contributed by atoms with E-state index in [4.69, 9.17) is 5.73 Å². The fourth-order valence-corrected chi connectivity index (χ4v) is 3.01. The Morgan fingerprint density at radius 3 is 2.39 bits per heavy atom. The third-order valence-electron chi connectivity index (χ3n) is 3.67. The van der Waals surface area contributed by atoms with E-state index in [-0.39, 0.29) is 5.91 Å². The smallest absolute Gasteiger partial charge is 0.267 e. The largest absolute Gasteiger partial charge is 0.375 e. The minimum absolute atomic E-state index is 0.195. The first-order valence-corrected chi connectivity index (χ1v) is 7.92. The number of carbonyl (C=O) groups excluding carboxylic acids is 1. The molecule has 0 aliphatic heterocycles. The molecule has 0 atom stereocenters.